The first kappa shape index (κ1) is 18.1. The van der Waals surface area contributed by atoms with Crippen LogP contribution in [0.3, 0.4) is 0 Å². The molecule has 1 unspecified atom stereocenters. The maximum atomic E-state index is 13.3. The molecular formula is C21H22N2O2S. The second kappa shape index (κ2) is 7.70. The molecule has 0 fully saturated rings. The van der Waals surface area contributed by atoms with Crippen LogP contribution < -0.4 is 5.32 Å². The highest BCUT2D eigenvalue weighted by atomic mass is 32.1. The number of aromatic hydroxyl groups is 1. The number of carbonyl (C=O) groups excluding carboxylic acids is 1. The van der Waals surface area contributed by atoms with Crippen LogP contribution in [0.25, 0.3) is 0 Å². The van der Waals surface area contributed by atoms with E-state index in [1.807, 2.05) is 54.3 Å². The van der Waals surface area contributed by atoms with Gasteiger partial charge in [-0.2, -0.15) is 0 Å². The fraction of sp³-hybridized carbons (Fsp3) is 0.238. The highest BCUT2D eigenvalue weighted by molar-refractivity contribution is 7.80. The number of rotatable bonds is 5. The molecule has 0 amide bonds. The molecule has 5 heteroatoms. The molecule has 134 valence electrons. The number of hydrogen-bond donors (Lipinski definition) is 2. The fourth-order valence-electron chi connectivity index (χ4n) is 3.23. The van der Waals surface area contributed by atoms with Crippen molar-refractivity contribution in [1.82, 2.24) is 10.2 Å². The van der Waals surface area contributed by atoms with Gasteiger partial charge >= 0.3 is 0 Å². The SMILES string of the molecule is CCCN1C(=S)NC(c2ccc(O)cc2)C(C(=O)c2ccccc2)=C1C. The standard InChI is InChI=1S/C21H22N2O2S/c1-3-13-23-14(2)18(20(25)16-7-5-4-6-8-16)19(22-21(23)26)15-9-11-17(24)12-10-15/h4-12,19,24H,3,13H2,1-2H3,(H,22,26). The average molecular weight is 366 g/mol. The van der Waals surface area contributed by atoms with Gasteiger partial charge in [-0.05, 0) is 43.3 Å². The summed E-state index contributed by atoms with van der Waals surface area (Å²) in [5.74, 6) is 0.175. The first-order valence-electron chi connectivity index (χ1n) is 8.70. The van der Waals surface area contributed by atoms with E-state index < -0.39 is 0 Å². The molecule has 2 aromatic carbocycles. The summed E-state index contributed by atoms with van der Waals surface area (Å²) in [6.45, 7) is 4.79. The quantitative estimate of drug-likeness (QED) is 0.614. The van der Waals surface area contributed by atoms with E-state index in [4.69, 9.17) is 12.2 Å². The van der Waals surface area contributed by atoms with Crippen molar-refractivity contribution in [3.8, 4) is 5.75 Å². The van der Waals surface area contributed by atoms with Gasteiger partial charge in [-0.1, -0.05) is 49.4 Å². The Labute approximate surface area is 159 Å². The first-order chi connectivity index (χ1) is 12.5. The lowest BCUT2D eigenvalue weighted by Crippen LogP contribution is -2.47. The third-order valence-corrected chi connectivity index (χ3v) is 4.89. The van der Waals surface area contributed by atoms with Crippen LogP contribution >= 0.6 is 12.2 Å². The van der Waals surface area contributed by atoms with E-state index in [1.54, 1.807) is 12.1 Å². The van der Waals surface area contributed by atoms with Crippen molar-refractivity contribution in [2.75, 3.05) is 6.54 Å². The highest BCUT2D eigenvalue weighted by Gasteiger charge is 2.33. The minimum Gasteiger partial charge on any atom is -0.508 e. The second-order valence-electron chi connectivity index (χ2n) is 6.32. The van der Waals surface area contributed by atoms with Crippen molar-refractivity contribution in [2.45, 2.75) is 26.3 Å². The van der Waals surface area contributed by atoms with E-state index in [2.05, 4.69) is 12.2 Å². The topological polar surface area (TPSA) is 52.6 Å². The summed E-state index contributed by atoms with van der Waals surface area (Å²) < 4.78 is 0. The van der Waals surface area contributed by atoms with Crippen molar-refractivity contribution < 1.29 is 9.90 Å². The van der Waals surface area contributed by atoms with Crippen LogP contribution in [0, 0.1) is 0 Å². The van der Waals surface area contributed by atoms with Gasteiger partial charge < -0.3 is 15.3 Å². The normalized spacial score (nSPS) is 17.2. The minimum absolute atomic E-state index is 0.0164. The number of thiocarbonyl (C=S) groups is 1. The van der Waals surface area contributed by atoms with Gasteiger partial charge in [0.2, 0.25) is 0 Å². The maximum absolute atomic E-state index is 13.3. The average Bonchev–Trinajstić information content (AvgIpc) is 2.65. The summed E-state index contributed by atoms with van der Waals surface area (Å²) in [6, 6.07) is 15.8. The molecule has 1 aliphatic rings. The molecule has 3 rings (SSSR count). The zero-order chi connectivity index (χ0) is 18.7. The third kappa shape index (κ3) is 3.48. The van der Waals surface area contributed by atoms with E-state index in [1.165, 1.54) is 0 Å². The minimum atomic E-state index is -0.344. The summed E-state index contributed by atoms with van der Waals surface area (Å²) in [5.41, 5.74) is 3.10. The monoisotopic (exact) mass is 366 g/mol. The molecule has 0 radical (unpaired) electrons. The van der Waals surface area contributed by atoms with E-state index in [9.17, 15) is 9.90 Å². The number of nitrogens with one attached hydrogen (secondary N) is 1. The van der Waals surface area contributed by atoms with Crippen molar-refractivity contribution in [3.05, 3.63) is 77.0 Å². The third-order valence-electron chi connectivity index (χ3n) is 4.55. The van der Waals surface area contributed by atoms with Gasteiger partial charge in [0, 0.05) is 23.4 Å². The van der Waals surface area contributed by atoms with Crippen LogP contribution in [0.5, 0.6) is 5.75 Å². The molecule has 1 heterocycles. The van der Waals surface area contributed by atoms with Crippen LogP contribution in [-0.4, -0.2) is 27.4 Å². The zero-order valence-corrected chi connectivity index (χ0v) is 15.7. The van der Waals surface area contributed by atoms with Gasteiger partial charge in [0.05, 0.1) is 6.04 Å². The van der Waals surface area contributed by atoms with Crippen LogP contribution in [0.1, 0.15) is 42.2 Å². The zero-order valence-electron chi connectivity index (χ0n) is 14.9. The first-order valence-corrected chi connectivity index (χ1v) is 9.11. The molecule has 0 saturated heterocycles. The highest BCUT2D eigenvalue weighted by Crippen LogP contribution is 2.33. The molecule has 0 bridgehead atoms. The maximum Gasteiger partial charge on any atom is 0.193 e. The molecule has 1 aliphatic heterocycles. The number of ketones is 1. The van der Waals surface area contributed by atoms with Gasteiger partial charge in [-0.3, -0.25) is 4.79 Å². The Morgan fingerprint density at radius 3 is 2.42 bits per heavy atom. The lowest BCUT2D eigenvalue weighted by atomic mass is 9.89. The lowest BCUT2D eigenvalue weighted by Gasteiger charge is -2.38. The number of hydrogen-bond acceptors (Lipinski definition) is 3. The Bertz CT molecular complexity index is 844. The smallest absolute Gasteiger partial charge is 0.193 e. The largest absolute Gasteiger partial charge is 0.508 e. The summed E-state index contributed by atoms with van der Waals surface area (Å²) in [4.78, 5) is 15.3. The Morgan fingerprint density at radius 1 is 1.15 bits per heavy atom. The number of Topliss-reactive ketones (excluding diaryl/α,β-unsaturated/α-hetero) is 1. The van der Waals surface area contributed by atoms with Crippen LogP contribution in [0.15, 0.2) is 65.9 Å². The van der Waals surface area contributed by atoms with Crippen molar-refractivity contribution in [2.24, 2.45) is 0 Å². The summed E-state index contributed by atoms with van der Waals surface area (Å²) in [5, 5.41) is 13.5. The summed E-state index contributed by atoms with van der Waals surface area (Å²) in [7, 11) is 0. The Kier molecular flexibility index (Phi) is 5.38. The Balaban J connectivity index is 2.11. The number of carbonyl (C=O) groups is 1. The molecule has 0 spiro atoms. The molecule has 26 heavy (non-hydrogen) atoms. The molecule has 4 nitrogen and oxygen atoms in total. The molecule has 0 aromatic heterocycles. The van der Waals surface area contributed by atoms with E-state index in [-0.39, 0.29) is 17.6 Å². The fourth-order valence-corrected chi connectivity index (χ4v) is 3.58. The number of phenolic OH excluding ortho intramolecular Hbond substituents is 1. The summed E-state index contributed by atoms with van der Waals surface area (Å²) >= 11 is 5.55. The Morgan fingerprint density at radius 2 is 1.81 bits per heavy atom. The van der Waals surface area contributed by atoms with Gasteiger partial charge in [-0.25, -0.2) is 0 Å². The van der Waals surface area contributed by atoms with Gasteiger partial charge in [0.25, 0.3) is 0 Å². The lowest BCUT2D eigenvalue weighted by molar-refractivity contribution is 0.102. The van der Waals surface area contributed by atoms with Gasteiger partial charge in [0.1, 0.15) is 5.75 Å². The van der Waals surface area contributed by atoms with Gasteiger partial charge in [0.15, 0.2) is 10.9 Å². The van der Waals surface area contributed by atoms with Crippen LogP contribution in [-0.2, 0) is 0 Å². The van der Waals surface area contributed by atoms with Crippen molar-refractivity contribution >= 4 is 23.1 Å². The molecule has 2 N–H and O–H groups in total. The molecule has 2 aromatic rings. The number of nitrogens with zero attached hydrogens (tertiary/aromatic N) is 1. The Hall–Kier alpha value is -2.66. The molecule has 1 atom stereocenters. The number of benzene rings is 2. The number of phenols is 1. The van der Waals surface area contributed by atoms with E-state index in [0.717, 1.165) is 24.2 Å². The van der Waals surface area contributed by atoms with E-state index in [0.29, 0.717) is 16.2 Å². The van der Waals surface area contributed by atoms with Gasteiger partial charge in [-0.15, -0.1) is 0 Å². The predicted molar refractivity (Wildman–Crippen MR) is 107 cm³/mol. The summed E-state index contributed by atoms with van der Waals surface area (Å²) in [6.07, 6.45) is 0.926. The number of allylic oxidation sites excluding steroid dienone is 1. The van der Waals surface area contributed by atoms with Crippen molar-refractivity contribution in [3.63, 3.8) is 0 Å². The molecule has 0 aliphatic carbocycles. The van der Waals surface area contributed by atoms with Crippen LogP contribution in [0.2, 0.25) is 0 Å². The van der Waals surface area contributed by atoms with Crippen molar-refractivity contribution in [1.29, 1.82) is 0 Å². The molecular weight excluding hydrogens is 344 g/mol. The molecule has 0 saturated carbocycles. The van der Waals surface area contributed by atoms with E-state index >= 15 is 0 Å². The second-order valence-corrected chi connectivity index (χ2v) is 6.71. The van der Waals surface area contributed by atoms with Crippen LogP contribution in [0.4, 0.5) is 0 Å². The predicted octanol–water partition coefficient (Wildman–Crippen LogP) is 4.19.